The van der Waals surface area contributed by atoms with Crippen molar-refractivity contribution < 1.29 is 18.8 Å². The van der Waals surface area contributed by atoms with Gasteiger partial charge >= 0.3 is 0 Å². The average Bonchev–Trinajstić information content (AvgIpc) is 3.39. The van der Waals surface area contributed by atoms with Crippen molar-refractivity contribution in [2.75, 3.05) is 10.6 Å². The third kappa shape index (κ3) is 4.56. The Morgan fingerprint density at radius 2 is 1.84 bits per heavy atom. The van der Waals surface area contributed by atoms with Gasteiger partial charge in [-0.05, 0) is 42.5 Å². The summed E-state index contributed by atoms with van der Waals surface area (Å²) in [4.78, 5) is 29.8. The summed E-state index contributed by atoms with van der Waals surface area (Å²) in [7, 11) is 1.72. The van der Waals surface area contributed by atoms with E-state index >= 15 is 0 Å². The first-order valence-electron chi connectivity index (χ1n) is 9.29. The molecule has 2 heterocycles. The minimum Gasteiger partial charge on any atom is -0.382 e. The van der Waals surface area contributed by atoms with Crippen molar-refractivity contribution >= 4 is 40.5 Å². The molecule has 1 unspecified atom stereocenters. The predicted molar refractivity (Wildman–Crippen MR) is 114 cm³/mol. The standard InChI is InChI=1S/C21H17ClFN5O3/c1-28-10-9-16(26-28)20(29)24-12-5-7-13(8-6-12)25-21(30)18-11-17(27-31-18)19-14(22)3-2-4-15(19)23/h2-10,18H,11H2,1H3,(H,24,29)(H,25,30). The van der Waals surface area contributed by atoms with E-state index in [4.69, 9.17) is 16.4 Å². The van der Waals surface area contributed by atoms with Crippen molar-refractivity contribution in [2.24, 2.45) is 12.2 Å². The van der Waals surface area contributed by atoms with E-state index in [1.807, 2.05) is 0 Å². The van der Waals surface area contributed by atoms with Crippen LogP contribution in [0.5, 0.6) is 0 Å². The molecule has 2 amide bonds. The molecule has 0 spiro atoms. The molecule has 0 saturated heterocycles. The van der Waals surface area contributed by atoms with Crippen LogP contribution in [0.15, 0.2) is 59.9 Å². The monoisotopic (exact) mass is 441 g/mol. The Labute approximate surface area is 181 Å². The maximum absolute atomic E-state index is 14.1. The normalized spacial score (nSPS) is 15.2. The highest BCUT2D eigenvalue weighted by Gasteiger charge is 2.31. The van der Waals surface area contributed by atoms with Crippen molar-refractivity contribution in [2.45, 2.75) is 12.5 Å². The molecule has 4 rings (SSSR count). The van der Waals surface area contributed by atoms with E-state index in [1.54, 1.807) is 49.6 Å². The second kappa shape index (κ2) is 8.57. The van der Waals surface area contributed by atoms with Crippen LogP contribution in [0.25, 0.3) is 0 Å². The number of halogens is 2. The quantitative estimate of drug-likeness (QED) is 0.632. The zero-order valence-electron chi connectivity index (χ0n) is 16.3. The second-order valence-corrected chi connectivity index (χ2v) is 7.24. The predicted octanol–water partition coefficient (Wildman–Crippen LogP) is 3.60. The molecule has 31 heavy (non-hydrogen) atoms. The third-order valence-electron chi connectivity index (χ3n) is 4.57. The van der Waals surface area contributed by atoms with E-state index in [1.165, 1.54) is 16.8 Å². The van der Waals surface area contributed by atoms with E-state index in [9.17, 15) is 14.0 Å². The summed E-state index contributed by atoms with van der Waals surface area (Å²) in [6.45, 7) is 0. The van der Waals surface area contributed by atoms with Crippen LogP contribution in [-0.2, 0) is 16.7 Å². The SMILES string of the molecule is Cn1ccc(C(=O)Nc2ccc(NC(=O)C3CC(c4c(F)cccc4Cl)=NO3)cc2)n1. The molecule has 0 radical (unpaired) electrons. The smallest absolute Gasteiger partial charge is 0.276 e. The maximum atomic E-state index is 14.1. The number of amides is 2. The van der Waals surface area contributed by atoms with Gasteiger partial charge in [0, 0.05) is 31.0 Å². The maximum Gasteiger partial charge on any atom is 0.276 e. The van der Waals surface area contributed by atoms with Crippen molar-refractivity contribution in [3.63, 3.8) is 0 Å². The summed E-state index contributed by atoms with van der Waals surface area (Å²) in [5.74, 6) is -1.30. The van der Waals surface area contributed by atoms with Crippen LogP contribution in [0.3, 0.4) is 0 Å². The van der Waals surface area contributed by atoms with Crippen LogP contribution in [0.2, 0.25) is 5.02 Å². The van der Waals surface area contributed by atoms with Crippen LogP contribution in [0, 0.1) is 5.82 Å². The van der Waals surface area contributed by atoms with Crippen LogP contribution in [0.1, 0.15) is 22.5 Å². The highest BCUT2D eigenvalue weighted by molar-refractivity contribution is 6.34. The molecule has 1 aromatic heterocycles. The molecule has 1 aliphatic heterocycles. The molecule has 8 nitrogen and oxygen atoms in total. The molecule has 0 saturated carbocycles. The fourth-order valence-electron chi connectivity index (χ4n) is 3.03. The number of carbonyl (C=O) groups is 2. The Bertz CT molecular complexity index is 1160. The van der Waals surface area contributed by atoms with Gasteiger partial charge in [0.1, 0.15) is 5.82 Å². The number of nitrogens with one attached hydrogen (secondary N) is 2. The fraction of sp³-hybridized carbons (Fsp3) is 0.143. The first-order valence-corrected chi connectivity index (χ1v) is 9.67. The summed E-state index contributed by atoms with van der Waals surface area (Å²) in [6.07, 6.45) is 0.854. The summed E-state index contributed by atoms with van der Waals surface area (Å²) in [5.41, 5.74) is 1.75. The number of aryl methyl sites for hydroxylation is 1. The lowest BCUT2D eigenvalue weighted by Crippen LogP contribution is -2.28. The number of carbonyl (C=O) groups excluding carboxylic acids is 2. The number of aromatic nitrogens is 2. The molecule has 3 aromatic rings. The molecule has 158 valence electrons. The molecule has 1 aliphatic rings. The van der Waals surface area contributed by atoms with Crippen LogP contribution >= 0.6 is 11.6 Å². The Kier molecular flexibility index (Phi) is 5.68. The Morgan fingerprint density at radius 3 is 2.48 bits per heavy atom. The number of oxime groups is 1. The van der Waals surface area contributed by atoms with Gasteiger partial charge in [-0.25, -0.2) is 4.39 Å². The molecule has 0 aliphatic carbocycles. The average molecular weight is 442 g/mol. The van der Waals surface area contributed by atoms with Crippen LogP contribution in [-0.4, -0.2) is 33.4 Å². The number of hydrogen-bond donors (Lipinski definition) is 2. The first kappa shape index (κ1) is 20.5. The lowest BCUT2D eigenvalue weighted by Gasteiger charge is -2.10. The van der Waals surface area contributed by atoms with Crippen LogP contribution < -0.4 is 10.6 Å². The summed E-state index contributed by atoms with van der Waals surface area (Å²) >= 11 is 6.05. The molecule has 0 fully saturated rings. The molecule has 10 heteroatoms. The van der Waals surface area contributed by atoms with E-state index in [0.29, 0.717) is 17.1 Å². The third-order valence-corrected chi connectivity index (χ3v) is 4.88. The van der Waals surface area contributed by atoms with Gasteiger partial charge in [-0.15, -0.1) is 0 Å². The Hall–Kier alpha value is -3.72. The second-order valence-electron chi connectivity index (χ2n) is 6.83. The molecular weight excluding hydrogens is 425 g/mol. The Morgan fingerprint density at radius 1 is 1.13 bits per heavy atom. The number of hydrogen-bond acceptors (Lipinski definition) is 5. The van der Waals surface area contributed by atoms with Crippen molar-refractivity contribution in [1.82, 2.24) is 9.78 Å². The summed E-state index contributed by atoms with van der Waals surface area (Å²) < 4.78 is 15.6. The lowest BCUT2D eigenvalue weighted by atomic mass is 10.0. The van der Waals surface area contributed by atoms with E-state index in [-0.39, 0.29) is 28.6 Å². The van der Waals surface area contributed by atoms with Crippen molar-refractivity contribution in [3.05, 3.63) is 76.8 Å². The lowest BCUT2D eigenvalue weighted by molar-refractivity contribution is -0.125. The molecule has 2 N–H and O–H groups in total. The topological polar surface area (TPSA) is 97.6 Å². The van der Waals surface area contributed by atoms with Crippen molar-refractivity contribution in [3.8, 4) is 0 Å². The minimum atomic E-state index is -0.908. The van der Waals surface area contributed by atoms with Gasteiger partial charge in [0.25, 0.3) is 11.8 Å². The van der Waals surface area contributed by atoms with Gasteiger partial charge in [0.2, 0.25) is 6.10 Å². The van der Waals surface area contributed by atoms with Gasteiger partial charge in [0.15, 0.2) is 5.69 Å². The number of nitrogens with zero attached hydrogens (tertiary/aromatic N) is 3. The number of rotatable bonds is 5. The van der Waals surface area contributed by atoms with E-state index in [0.717, 1.165) is 0 Å². The first-order chi connectivity index (χ1) is 14.9. The highest BCUT2D eigenvalue weighted by Crippen LogP contribution is 2.26. The van der Waals surface area contributed by atoms with Crippen LogP contribution in [0.4, 0.5) is 15.8 Å². The van der Waals surface area contributed by atoms with Gasteiger partial charge < -0.3 is 15.5 Å². The van der Waals surface area contributed by atoms with Gasteiger partial charge in [-0.2, -0.15) is 5.10 Å². The van der Waals surface area contributed by atoms with Gasteiger partial charge in [0.05, 0.1) is 16.3 Å². The van der Waals surface area contributed by atoms with E-state index < -0.39 is 17.8 Å². The molecule has 2 aromatic carbocycles. The largest absolute Gasteiger partial charge is 0.382 e. The summed E-state index contributed by atoms with van der Waals surface area (Å²) in [6, 6.07) is 12.5. The highest BCUT2D eigenvalue weighted by atomic mass is 35.5. The number of anilines is 2. The van der Waals surface area contributed by atoms with E-state index in [2.05, 4.69) is 20.9 Å². The molecule has 0 bridgehead atoms. The number of benzene rings is 2. The molecule has 1 atom stereocenters. The fourth-order valence-corrected chi connectivity index (χ4v) is 3.30. The minimum absolute atomic E-state index is 0.0880. The molecular formula is C21H17ClFN5O3. The zero-order chi connectivity index (χ0) is 22.0. The van der Waals surface area contributed by atoms with Gasteiger partial charge in [-0.3, -0.25) is 14.3 Å². The van der Waals surface area contributed by atoms with Crippen molar-refractivity contribution in [1.29, 1.82) is 0 Å². The van der Waals surface area contributed by atoms with Gasteiger partial charge in [-0.1, -0.05) is 22.8 Å². The zero-order valence-corrected chi connectivity index (χ0v) is 17.1. The summed E-state index contributed by atoms with van der Waals surface area (Å²) in [5, 5.41) is 13.5. The Balaban J connectivity index is 1.35.